The number of rotatable bonds is 12. The maximum atomic E-state index is 9.02. The molecule has 0 saturated heterocycles. The summed E-state index contributed by atoms with van der Waals surface area (Å²) in [5.41, 5.74) is 7.13. The van der Waals surface area contributed by atoms with Crippen LogP contribution in [0.4, 0.5) is 0 Å². The molecule has 1 aliphatic carbocycles. The molecule has 2 aromatic rings. The van der Waals surface area contributed by atoms with Crippen molar-refractivity contribution < 1.29 is 5.11 Å². The summed E-state index contributed by atoms with van der Waals surface area (Å²) in [6, 6.07) is 16.5. The van der Waals surface area contributed by atoms with E-state index in [9.17, 15) is 0 Å². The lowest BCUT2D eigenvalue weighted by Gasteiger charge is -2.29. The Bertz CT molecular complexity index is 752. The Balaban J connectivity index is 1.57. The number of unbranched alkanes of at least 4 members (excludes halogenated alkanes) is 4. The number of benzene rings is 2. The third kappa shape index (κ3) is 7.21. The van der Waals surface area contributed by atoms with E-state index in [2.05, 4.69) is 56.3 Å². The molecule has 0 amide bonds. The lowest BCUT2D eigenvalue weighted by molar-refractivity contribution is 0.284. The van der Waals surface area contributed by atoms with E-state index >= 15 is 0 Å². The minimum absolute atomic E-state index is 0.297. The second-order valence-electron chi connectivity index (χ2n) is 9.71. The van der Waals surface area contributed by atoms with Crippen LogP contribution in [0.25, 0.3) is 11.1 Å². The van der Waals surface area contributed by atoms with Gasteiger partial charge in [-0.1, -0.05) is 88.4 Å². The quantitative estimate of drug-likeness (QED) is 0.341. The molecule has 3 rings (SSSR count). The normalized spacial score (nSPS) is 18.9. The Morgan fingerprint density at radius 1 is 0.806 bits per heavy atom. The van der Waals surface area contributed by atoms with Gasteiger partial charge in [0.1, 0.15) is 0 Å². The number of aliphatic hydroxyl groups is 1. The van der Waals surface area contributed by atoms with E-state index in [0.717, 1.165) is 37.5 Å². The number of aryl methyl sites for hydroxylation is 2. The van der Waals surface area contributed by atoms with Gasteiger partial charge in [-0.15, -0.1) is 0 Å². The number of hydrogen-bond acceptors (Lipinski definition) is 1. The molecule has 31 heavy (non-hydrogen) atoms. The molecular weight excluding hydrogens is 376 g/mol. The Hall–Kier alpha value is -1.60. The summed E-state index contributed by atoms with van der Waals surface area (Å²) in [4.78, 5) is 0. The van der Waals surface area contributed by atoms with Gasteiger partial charge in [0.25, 0.3) is 0 Å². The van der Waals surface area contributed by atoms with Crippen LogP contribution in [0, 0.1) is 5.92 Å². The molecule has 1 nitrogen and oxygen atoms in total. The van der Waals surface area contributed by atoms with Crippen molar-refractivity contribution >= 4 is 0 Å². The van der Waals surface area contributed by atoms with Crippen LogP contribution in [0.2, 0.25) is 0 Å². The topological polar surface area (TPSA) is 20.2 Å². The lowest BCUT2D eigenvalue weighted by Crippen LogP contribution is -2.13. The Kier molecular flexibility index (Phi) is 10.1. The summed E-state index contributed by atoms with van der Waals surface area (Å²) in [6.45, 7) is 4.85. The SMILES string of the molecule is CCCCCCC1CCC(c2ccc(-c3ccc(CCCCO)cc3CC)cc2)CC1. The van der Waals surface area contributed by atoms with Gasteiger partial charge in [-0.2, -0.15) is 0 Å². The fourth-order valence-corrected chi connectivity index (χ4v) is 5.40. The zero-order chi connectivity index (χ0) is 21.9. The predicted molar refractivity (Wildman–Crippen MR) is 135 cm³/mol. The van der Waals surface area contributed by atoms with Crippen LogP contribution in [-0.4, -0.2) is 11.7 Å². The van der Waals surface area contributed by atoms with E-state index in [1.807, 2.05) is 0 Å². The first kappa shape index (κ1) is 24.1. The third-order valence-electron chi connectivity index (χ3n) is 7.43. The van der Waals surface area contributed by atoms with E-state index in [4.69, 9.17) is 5.11 Å². The van der Waals surface area contributed by atoms with E-state index in [1.54, 1.807) is 5.56 Å². The Morgan fingerprint density at radius 3 is 2.26 bits per heavy atom. The summed E-state index contributed by atoms with van der Waals surface area (Å²) >= 11 is 0. The molecular formula is C30H44O. The van der Waals surface area contributed by atoms with Gasteiger partial charge in [0, 0.05) is 6.61 Å². The van der Waals surface area contributed by atoms with Crippen LogP contribution < -0.4 is 0 Å². The first-order chi connectivity index (χ1) is 15.2. The average Bonchev–Trinajstić information content (AvgIpc) is 2.82. The molecule has 0 heterocycles. The van der Waals surface area contributed by atoms with Crippen LogP contribution in [0.3, 0.4) is 0 Å². The summed E-state index contributed by atoms with van der Waals surface area (Å²) in [6.07, 6.45) is 16.8. The maximum Gasteiger partial charge on any atom is 0.0431 e. The van der Waals surface area contributed by atoms with Crippen molar-refractivity contribution in [1.82, 2.24) is 0 Å². The van der Waals surface area contributed by atoms with Gasteiger partial charge in [-0.05, 0) is 91.0 Å². The maximum absolute atomic E-state index is 9.02. The first-order valence-electron chi connectivity index (χ1n) is 13.1. The number of aliphatic hydroxyl groups excluding tert-OH is 1. The molecule has 0 radical (unpaired) electrons. The second kappa shape index (κ2) is 13.1. The second-order valence-corrected chi connectivity index (χ2v) is 9.71. The van der Waals surface area contributed by atoms with Gasteiger partial charge in [0.15, 0.2) is 0 Å². The molecule has 1 N–H and O–H groups in total. The molecule has 1 aliphatic rings. The highest BCUT2D eigenvalue weighted by molar-refractivity contribution is 5.68. The first-order valence-corrected chi connectivity index (χ1v) is 13.1. The van der Waals surface area contributed by atoms with Crippen molar-refractivity contribution in [2.24, 2.45) is 5.92 Å². The molecule has 0 aliphatic heterocycles. The van der Waals surface area contributed by atoms with E-state index in [-0.39, 0.29) is 0 Å². The minimum atomic E-state index is 0.297. The van der Waals surface area contributed by atoms with E-state index < -0.39 is 0 Å². The molecule has 0 atom stereocenters. The summed E-state index contributed by atoms with van der Waals surface area (Å²) < 4.78 is 0. The van der Waals surface area contributed by atoms with E-state index in [1.165, 1.54) is 80.0 Å². The zero-order valence-electron chi connectivity index (χ0n) is 20.0. The fourth-order valence-electron chi connectivity index (χ4n) is 5.40. The highest BCUT2D eigenvalue weighted by Crippen LogP contribution is 2.38. The Morgan fingerprint density at radius 2 is 1.58 bits per heavy atom. The Labute approximate surface area is 191 Å². The van der Waals surface area contributed by atoms with Crippen LogP contribution in [0.15, 0.2) is 42.5 Å². The van der Waals surface area contributed by atoms with Gasteiger partial charge < -0.3 is 5.11 Å². The lowest BCUT2D eigenvalue weighted by atomic mass is 9.77. The fraction of sp³-hybridized carbons (Fsp3) is 0.600. The smallest absolute Gasteiger partial charge is 0.0431 e. The van der Waals surface area contributed by atoms with Gasteiger partial charge in [0.05, 0.1) is 0 Å². The molecule has 170 valence electrons. The summed E-state index contributed by atoms with van der Waals surface area (Å²) in [7, 11) is 0. The van der Waals surface area contributed by atoms with Gasteiger partial charge >= 0.3 is 0 Å². The average molecular weight is 421 g/mol. The van der Waals surface area contributed by atoms with Crippen molar-refractivity contribution in [3.8, 4) is 11.1 Å². The largest absolute Gasteiger partial charge is 0.396 e. The summed E-state index contributed by atoms with van der Waals surface area (Å²) in [5.74, 6) is 1.75. The molecule has 0 unspecified atom stereocenters. The predicted octanol–water partition coefficient (Wildman–Crippen LogP) is 8.48. The van der Waals surface area contributed by atoms with Crippen molar-refractivity contribution in [2.45, 2.75) is 103 Å². The highest BCUT2D eigenvalue weighted by atomic mass is 16.2. The van der Waals surface area contributed by atoms with Crippen molar-refractivity contribution in [3.63, 3.8) is 0 Å². The van der Waals surface area contributed by atoms with Gasteiger partial charge in [-0.3, -0.25) is 0 Å². The zero-order valence-corrected chi connectivity index (χ0v) is 20.0. The molecule has 2 aromatic carbocycles. The minimum Gasteiger partial charge on any atom is -0.396 e. The standard InChI is InChI=1S/C30H44O/c1-3-5-6-7-10-24-12-15-27(16-13-24)28-17-19-29(20-18-28)30-21-14-25(11-8-9-22-31)23-26(30)4-2/h14,17-21,23-24,27,31H,3-13,15-16,22H2,1-2H3. The van der Waals surface area contributed by atoms with Crippen LogP contribution in [-0.2, 0) is 12.8 Å². The van der Waals surface area contributed by atoms with Crippen molar-refractivity contribution in [3.05, 3.63) is 59.2 Å². The summed E-state index contributed by atoms with van der Waals surface area (Å²) in [5, 5.41) is 9.02. The van der Waals surface area contributed by atoms with Crippen molar-refractivity contribution in [1.29, 1.82) is 0 Å². The molecule has 1 fully saturated rings. The van der Waals surface area contributed by atoms with Gasteiger partial charge in [-0.25, -0.2) is 0 Å². The highest BCUT2D eigenvalue weighted by Gasteiger charge is 2.22. The van der Waals surface area contributed by atoms with Gasteiger partial charge in [0.2, 0.25) is 0 Å². The van der Waals surface area contributed by atoms with Crippen LogP contribution >= 0.6 is 0 Å². The molecule has 0 spiro atoms. The molecule has 0 bridgehead atoms. The third-order valence-corrected chi connectivity index (χ3v) is 7.43. The molecule has 0 aromatic heterocycles. The monoisotopic (exact) mass is 420 g/mol. The van der Waals surface area contributed by atoms with Crippen LogP contribution in [0.5, 0.6) is 0 Å². The van der Waals surface area contributed by atoms with E-state index in [0.29, 0.717) is 6.61 Å². The molecule has 1 saturated carbocycles. The number of hydrogen-bond donors (Lipinski definition) is 1. The molecule has 1 heteroatoms. The van der Waals surface area contributed by atoms with Crippen LogP contribution in [0.1, 0.15) is 107 Å². The van der Waals surface area contributed by atoms with Crippen molar-refractivity contribution in [2.75, 3.05) is 6.61 Å².